The molecule has 1 N–H and O–H groups in total. The summed E-state index contributed by atoms with van der Waals surface area (Å²) in [5.41, 5.74) is 1.09. The Bertz CT molecular complexity index is 398. The summed E-state index contributed by atoms with van der Waals surface area (Å²) in [7, 11) is 0. The largest absolute Gasteiger partial charge is 0.314 e. The van der Waals surface area contributed by atoms with Crippen molar-refractivity contribution in [1.82, 2.24) is 10.2 Å². The predicted molar refractivity (Wildman–Crippen MR) is 80.7 cm³/mol. The molecule has 0 amide bonds. The van der Waals surface area contributed by atoms with Crippen molar-refractivity contribution in [2.45, 2.75) is 26.3 Å². The van der Waals surface area contributed by atoms with E-state index in [0.717, 1.165) is 42.6 Å². The molecule has 2 nitrogen and oxygen atoms in total. The average molecular weight is 329 g/mol. The molecule has 2 rings (SSSR count). The monoisotopic (exact) mass is 328 g/mol. The fourth-order valence-corrected chi connectivity index (χ4v) is 3.31. The van der Waals surface area contributed by atoms with E-state index in [1.165, 1.54) is 6.07 Å². The second-order valence-corrected chi connectivity index (χ2v) is 6.23. The van der Waals surface area contributed by atoms with Crippen LogP contribution in [0.25, 0.3) is 0 Å². The van der Waals surface area contributed by atoms with Gasteiger partial charge in [-0.1, -0.05) is 36.2 Å². The molecule has 1 aromatic rings. The second-order valence-electron chi connectivity index (χ2n) is 5.32. The standard InChI is InChI=1S/C15H22BrFN2/c1-3-11(2)15(19-6-4-18-5-7-19)12-8-13(16)10-14(17)9-12/h8-11,15,18H,3-7H2,1-2H3/t11?,15-/m1/s1. The maximum Gasteiger partial charge on any atom is 0.124 e. The van der Waals surface area contributed by atoms with Gasteiger partial charge in [0.25, 0.3) is 0 Å². The first kappa shape index (κ1) is 14.9. The van der Waals surface area contributed by atoms with Gasteiger partial charge >= 0.3 is 0 Å². The lowest BCUT2D eigenvalue weighted by Crippen LogP contribution is -2.46. The van der Waals surface area contributed by atoms with E-state index < -0.39 is 0 Å². The summed E-state index contributed by atoms with van der Waals surface area (Å²) in [4.78, 5) is 2.48. The van der Waals surface area contributed by atoms with E-state index >= 15 is 0 Å². The summed E-state index contributed by atoms with van der Waals surface area (Å²) in [6.07, 6.45) is 1.10. The van der Waals surface area contributed by atoms with Gasteiger partial charge in [-0.2, -0.15) is 0 Å². The first-order chi connectivity index (χ1) is 9.11. The minimum absolute atomic E-state index is 0.159. The highest BCUT2D eigenvalue weighted by atomic mass is 79.9. The Morgan fingerprint density at radius 3 is 2.58 bits per heavy atom. The highest BCUT2D eigenvalue weighted by Crippen LogP contribution is 2.32. The summed E-state index contributed by atoms with van der Waals surface area (Å²) in [5, 5.41) is 3.38. The molecule has 1 aliphatic heterocycles. The van der Waals surface area contributed by atoms with Gasteiger partial charge in [-0.3, -0.25) is 4.90 Å². The number of piperazine rings is 1. The minimum atomic E-state index is -0.159. The van der Waals surface area contributed by atoms with Gasteiger partial charge in [-0.05, 0) is 29.7 Å². The summed E-state index contributed by atoms with van der Waals surface area (Å²) in [5.74, 6) is 0.361. The highest BCUT2D eigenvalue weighted by molar-refractivity contribution is 9.10. The zero-order chi connectivity index (χ0) is 13.8. The summed E-state index contributed by atoms with van der Waals surface area (Å²) in [6.45, 7) is 8.55. The molecule has 0 aliphatic carbocycles. The predicted octanol–water partition coefficient (Wildman–Crippen LogP) is 3.58. The first-order valence-corrected chi connectivity index (χ1v) is 7.82. The molecule has 2 atom stereocenters. The molecular formula is C15H22BrFN2. The molecular weight excluding hydrogens is 307 g/mol. The maximum atomic E-state index is 13.7. The first-order valence-electron chi connectivity index (χ1n) is 7.02. The third kappa shape index (κ3) is 3.77. The van der Waals surface area contributed by atoms with Crippen LogP contribution in [0.2, 0.25) is 0 Å². The third-order valence-electron chi connectivity index (χ3n) is 3.95. The third-order valence-corrected chi connectivity index (χ3v) is 4.41. The van der Waals surface area contributed by atoms with Gasteiger partial charge in [0.05, 0.1) is 0 Å². The van der Waals surface area contributed by atoms with E-state index in [9.17, 15) is 4.39 Å². The second kappa shape index (κ2) is 6.82. The van der Waals surface area contributed by atoms with Gasteiger partial charge in [-0.15, -0.1) is 0 Å². The molecule has 19 heavy (non-hydrogen) atoms. The number of nitrogens with one attached hydrogen (secondary N) is 1. The molecule has 1 fully saturated rings. The van der Waals surface area contributed by atoms with Crippen LogP contribution in [-0.2, 0) is 0 Å². The van der Waals surface area contributed by atoms with E-state index in [4.69, 9.17) is 0 Å². The normalized spacial score (nSPS) is 20.2. The Hall–Kier alpha value is -0.450. The van der Waals surface area contributed by atoms with Gasteiger partial charge in [0.1, 0.15) is 5.82 Å². The van der Waals surface area contributed by atoms with Crippen molar-refractivity contribution >= 4 is 15.9 Å². The Labute approximate surface area is 123 Å². The molecule has 0 radical (unpaired) electrons. The molecule has 1 aromatic carbocycles. The van der Waals surface area contributed by atoms with Crippen LogP contribution in [0.4, 0.5) is 4.39 Å². The SMILES string of the molecule is CCC(C)[C@H](c1cc(F)cc(Br)c1)N1CCNCC1. The number of rotatable bonds is 4. The van der Waals surface area contributed by atoms with Crippen molar-refractivity contribution in [3.8, 4) is 0 Å². The molecule has 0 saturated carbocycles. The quantitative estimate of drug-likeness (QED) is 0.908. The number of halogens is 2. The van der Waals surface area contributed by atoms with Crippen LogP contribution in [0.15, 0.2) is 22.7 Å². The van der Waals surface area contributed by atoms with Gasteiger partial charge in [0.2, 0.25) is 0 Å². The van der Waals surface area contributed by atoms with Crippen molar-refractivity contribution in [3.05, 3.63) is 34.1 Å². The Morgan fingerprint density at radius 2 is 2.00 bits per heavy atom. The Kier molecular flexibility index (Phi) is 5.37. The van der Waals surface area contributed by atoms with Crippen LogP contribution in [0.3, 0.4) is 0 Å². The van der Waals surface area contributed by atoms with E-state index in [-0.39, 0.29) is 5.82 Å². The lowest BCUT2D eigenvalue weighted by molar-refractivity contribution is 0.128. The fourth-order valence-electron chi connectivity index (χ4n) is 2.83. The van der Waals surface area contributed by atoms with Gasteiger partial charge in [0.15, 0.2) is 0 Å². The van der Waals surface area contributed by atoms with Crippen LogP contribution >= 0.6 is 15.9 Å². The van der Waals surface area contributed by atoms with E-state index in [0.29, 0.717) is 12.0 Å². The van der Waals surface area contributed by atoms with Crippen molar-refractivity contribution in [1.29, 1.82) is 0 Å². The highest BCUT2D eigenvalue weighted by Gasteiger charge is 2.26. The van der Waals surface area contributed by atoms with Crippen LogP contribution in [0.5, 0.6) is 0 Å². The smallest absolute Gasteiger partial charge is 0.124 e. The maximum absolute atomic E-state index is 13.7. The van der Waals surface area contributed by atoms with Crippen molar-refractivity contribution in [2.75, 3.05) is 26.2 Å². The Balaban J connectivity index is 2.30. The lowest BCUT2D eigenvalue weighted by atomic mass is 9.90. The molecule has 1 unspecified atom stereocenters. The number of nitrogens with zero attached hydrogens (tertiary/aromatic N) is 1. The van der Waals surface area contributed by atoms with Crippen LogP contribution in [0.1, 0.15) is 31.9 Å². The van der Waals surface area contributed by atoms with Gasteiger partial charge < -0.3 is 5.32 Å². The van der Waals surface area contributed by atoms with Crippen LogP contribution in [-0.4, -0.2) is 31.1 Å². The van der Waals surface area contributed by atoms with E-state index in [1.807, 2.05) is 0 Å². The minimum Gasteiger partial charge on any atom is -0.314 e. The molecule has 106 valence electrons. The molecule has 4 heteroatoms. The van der Waals surface area contributed by atoms with E-state index in [1.54, 1.807) is 6.07 Å². The van der Waals surface area contributed by atoms with Crippen molar-refractivity contribution < 1.29 is 4.39 Å². The summed E-state index contributed by atoms with van der Waals surface area (Å²) < 4.78 is 14.5. The average Bonchev–Trinajstić information content (AvgIpc) is 2.39. The van der Waals surface area contributed by atoms with E-state index in [2.05, 4.69) is 46.1 Å². The molecule has 0 bridgehead atoms. The van der Waals surface area contributed by atoms with Crippen molar-refractivity contribution in [3.63, 3.8) is 0 Å². The zero-order valence-corrected chi connectivity index (χ0v) is 13.2. The molecule has 1 aliphatic rings. The zero-order valence-electron chi connectivity index (χ0n) is 11.6. The van der Waals surface area contributed by atoms with Gasteiger partial charge in [0, 0.05) is 36.7 Å². The topological polar surface area (TPSA) is 15.3 Å². The molecule has 0 spiro atoms. The molecule has 1 heterocycles. The van der Waals surface area contributed by atoms with Crippen molar-refractivity contribution in [2.24, 2.45) is 5.92 Å². The lowest BCUT2D eigenvalue weighted by Gasteiger charge is -2.38. The van der Waals surface area contributed by atoms with Crippen LogP contribution < -0.4 is 5.32 Å². The molecule has 1 saturated heterocycles. The summed E-state index contributed by atoms with van der Waals surface area (Å²) >= 11 is 3.41. The van der Waals surface area contributed by atoms with Crippen LogP contribution in [0, 0.1) is 11.7 Å². The number of benzene rings is 1. The number of hydrogen-bond acceptors (Lipinski definition) is 2. The number of hydrogen-bond donors (Lipinski definition) is 1. The van der Waals surface area contributed by atoms with Gasteiger partial charge in [-0.25, -0.2) is 4.39 Å². The summed E-state index contributed by atoms with van der Waals surface area (Å²) in [6, 6.07) is 5.57. The molecule has 0 aromatic heterocycles. The Morgan fingerprint density at radius 1 is 1.32 bits per heavy atom. The fraction of sp³-hybridized carbons (Fsp3) is 0.600.